The second-order valence-corrected chi connectivity index (χ2v) is 4.84. The molecule has 1 heterocycles. The highest BCUT2D eigenvalue weighted by Crippen LogP contribution is 2.16. The Morgan fingerprint density at radius 2 is 2.28 bits per heavy atom. The van der Waals surface area contributed by atoms with Gasteiger partial charge in [0.15, 0.2) is 0 Å². The summed E-state index contributed by atoms with van der Waals surface area (Å²) in [6.07, 6.45) is 3.94. The van der Waals surface area contributed by atoms with Gasteiger partial charge in [0.2, 0.25) is 0 Å². The van der Waals surface area contributed by atoms with Gasteiger partial charge in [-0.3, -0.25) is 9.78 Å². The summed E-state index contributed by atoms with van der Waals surface area (Å²) in [5, 5.41) is 2.91. The van der Waals surface area contributed by atoms with E-state index in [4.69, 9.17) is 16.3 Å². The monoisotopic (exact) mass is 270 g/mol. The molecule has 1 unspecified atom stereocenters. The quantitative estimate of drug-likeness (QED) is 0.808. The second kappa shape index (κ2) is 7.21. The maximum absolute atomic E-state index is 12.1. The molecule has 0 saturated carbocycles. The van der Waals surface area contributed by atoms with E-state index in [9.17, 15) is 4.79 Å². The number of carbonyl (C=O) groups is 1. The molecule has 1 aromatic heterocycles. The number of methoxy groups -OCH3 is 1. The van der Waals surface area contributed by atoms with Gasteiger partial charge in [0.1, 0.15) is 5.75 Å². The van der Waals surface area contributed by atoms with E-state index in [1.165, 1.54) is 13.3 Å². The van der Waals surface area contributed by atoms with E-state index >= 15 is 0 Å². The minimum Gasteiger partial charge on any atom is -0.494 e. The van der Waals surface area contributed by atoms with Gasteiger partial charge in [-0.25, -0.2) is 0 Å². The molecule has 100 valence electrons. The van der Waals surface area contributed by atoms with Crippen LogP contribution in [-0.2, 0) is 0 Å². The molecule has 0 fully saturated rings. The summed E-state index contributed by atoms with van der Waals surface area (Å²) >= 11 is 5.86. The average Bonchev–Trinajstić information content (AvgIpc) is 2.37. The van der Waals surface area contributed by atoms with Crippen molar-refractivity contribution >= 4 is 17.5 Å². The number of alkyl halides is 1. The van der Waals surface area contributed by atoms with Gasteiger partial charge in [0, 0.05) is 18.1 Å². The predicted molar refractivity (Wildman–Crippen MR) is 72.2 cm³/mol. The molecule has 0 aliphatic heterocycles. The molecule has 0 bridgehead atoms. The molecule has 1 amide bonds. The fourth-order valence-electron chi connectivity index (χ4n) is 1.72. The maximum atomic E-state index is 12.1. The number of pyridine rings is 1. The number of hydrogen-bond donors (Lipinski definition) is 1. The zero-order valence-corrected chi connectivity index (χ0v) is 11.7. The van der Waals surface area contributed by atoms with Crippen LogP contribution in [0.3, 0.4) is 0 Å². The van der Waals surface area contributed by atoms with Crippen molar-refractivity contribution in [3.63, 3.8) is 0 Å². The molecule has 0 aromatic carbocycles. The van der Waals surface area contributed by atoms with E-state index in [1.807, 2.05) is 0 Å². The van der Waals surface area contributed by atoms with Crippen molar-refractivity contribution in [1.82, 2.24) is 10.3 Å². The van der Waals surface area contributed by atoms with Crippen LogP contribution in [-0.4, -0.2) is 29.9 Å². The third-order valence-corrected chi connectivity index (χ3v) is 2.90. The topological polar surface area (TPSA) is 51.2 Å². The van der Waals surface area contributed by atoms with Gasteiger partial charge < -0.3 is 10.1 Å². The Labute approximate surface area is 113 Å². The van der Waals surface area contributed by atoms with Crippen LogP contribution in [0.15, 0.2) is 18.5 Å². The zero-order chi connectivity index (χ0) is 13.5. The number of carbonyl (C=O) groups excluding carboxylic acids is 1. The van der Waals surface area contributed by atoms with E-state index in [0.717, 1.165) is 6.42 Å². The number of hydrogen-bond acceptors (Lipinski definition) is 3. The third kappa shape index (κ3) is 4.18. The fraction of sp³-hybridized carbons (Fsp3) is 0.538. The Morgan fingerprint density at radius 3 is 2.83 bits per heavy atom. The summed E-state index contributed by atoms with van der Waals surface area (Å²) in [7, 11) is 1.51. The van der Waals surface area contributed by atoms with E-state index in [0.29, 0.717) is 23.1 Å². The number of amides is 1. The third-order valence-electron chi connectivity index (χ3n) is 2.53. The molecule has 1 aromatic rings. The lowest BCUT2D eigenvalue weighted by Crippen LogP contribution is -2.37. The van der Waals surface area contributed by atoms with Crippen LogP contribution in [0.4, 0.5) is 0 Å². The molecule has 1 atom stereocenters. The number of nitrogens with zero attached hydrogens (tertiary/aromatic N) is 1. The van der Waals surface area contributed by atoms with Crippen molar-refractivity contribution in [3.05, 3.63) is 24.0 Å². The van der Waals surface area contributed by atoms with E-state index in [2.05, 4.69) is 24.1 Å². The van der Waals surface area contributed by atoms with Crippen molar-refractivity contribution in [1.29, 1.82) is 0 Å². The van der Waals surface area contributed by atoms with E-state index < -0.39 is 0 Å². The van der Waals surface area contributed by atoms with Crippen LogP contribution in [0, 0.1) is 5.92 Å². The van der Waals surface area contributed by atoms with Gasteiger partial charge in [-0.2, -0.15) is 0 Å². The average molecular weight is 271 g/mol. The van der Waals surface area contributed by atoms with Gasteiger partial charge >= 0.3 is 0 Å². The molecule has 0 aliphatic rings. The van der Waals surface area contributed by atoms with Gasteiger partial charge in [-0.15, -0.1) is 11.6 Å². The molecular weight excluding hydrogens is 252 g/mol. The largest absolute Gasteiger partial charge is 0.494 e. The van der Waals surface area contributed by atoms with Crippen LogP contribution in [0.25, 0.3) is 0 Å². The Bertz CT molecular complexity index is 396. The van der Waals surface area contributed by atoms with Crippen molar-refractivity contribution in [2.75, 3.05) is 13.0 Å². The van der Waals surface area contributed by atoms with Crippen molar-refractivity contribution in [2.45, 2.75) is 26.3 Å². The Kier molecular flexibility index (Phi) is 5.92. The van der Waals surface area contributed by atoms with Gasteiger partial charge in [0.05, 0.1) is 18.9 Å². The molecule has 0 radical (unpaired) electrons. The van der Waals surface area contributed by atoms with Crippen LogP contribution in [0.1, 0.15) is 30.6 Å². The van der Waals surface area contributed by atoms with Crippen LogP contribution >= 0.6 is 11.6 Å². The first-order chi connectivity index (χ1) is 8.58. The molecule has 1 N–H and O–H groups in total. The molecular formula is C13H19ClN2O2. The normalized spacial score (nSPS) is 12.3. The van der Waals surface area contributed by atoms with Crippen molar-refractivity contribution < 1.29 is 9.53 Å². The van der Waals surface area contributed by atoms with E-state index in [-0.39, 0.29) is 11.9 Å². The number of halogens is 1. The van der Waals surface area contributed by atoms with Crippen LogP contribution in [0.2, 0.25) is 0 Å². The summed E-state index contributed by atoms with van der Waals surface area (Å²) < 4.78 is 5.11. The van der Waals surface area contributed by atoms with Gasteiger partial charge in [-0.1, -0.05) is 13.8 Å². The minimum atomic E-state index is -0.180. The predicted octanol–water partition coefficient (Wildman–Crippen LogP) is 2.47. The molecule has 18 heavy (non-hydrogen) atoms. The summed E-state index contributed by atoms with van der Waals surface area (Å²) in [6, 6.07) is 1.60. The standard InChI is InChI=1S/C13H19ClN2O2/c1-9(2)6-10(7-14)16-13(17)11-4-5-15-8-12(11)18-3/h4-5,8-10H,6-7H2,1-3H3,(H,16,17). The first kappa shape index (κ1) is 14.8. The molecule has 0 saturated heterocycles. The minimum absolute atomic E-state index is 0.0305. The van der Waals surface area contributed by atoms with Gasteiger partial charge in [-0.05, 0) is 18.4 Å². The Hall–Kier alpha value is -1.29. The summed E-state index contributed by atoms with van der Waals surface area (Å²) in [4.78, 5) is 16.0. The lowest BCUT2D eigenvalue weighted by Gasteiger charge is -2.18. The molecule has 5 heteroatoms. The highest BCUT2D eigenvalue weighted by atomic mass is 35.5. The Balaban J connectivity index is 2.74. The highest BCUT2D eigenvalue weighted by molar-refractivity contribution is 6.18. The van der Waals surface area contributed by atoms with Crippen LogP contribution in [0.5, 0.6) is 5.75 Å². The lowest BCUT2D eigenvalue weighted by molar-refractivity contribution is 0.0933. The fourth-order valence-corrected chi connectivity index (χ4v) is 1.93. The molecule has 1 rings (SSSR count). The molecule has 0 aliphatic carbocycles. The number of aromatic nitrogens is 1. The SMILES string of the molecule is COc1cnccc1C(=O)NC(CCl)CC(C)C. The van der Waals surface area contributed by atoms with Crippen molar-refractivity contribution in [2.24, 2.45) is 5.92 Å². The molecule has 0 spiro atoms. The summed E-state index contributed by atoms with van der Waals surface area (Å²) in [5.74, 6) is 1.17. The van der Waals surface area contributed by atoms with Gasteiger partial charge in [0.25, 0.3) is 5.91 Å². The maximum Gasteiger partial charge on any atom is 0.255 e. The van der Waals surface area contributed by atoms with E-state index in [1.54, 1.807) is 12.3 Å². The Morgan fingerprint density at radius 1 is 1.56 bits per heavy atom. The highest BCUT2D eigenvalue weighted by Gasteiger charge is 2.17. The summed E-state index contributed by atoms with van der Waals surface area (Å²) in [5.41, 5.74) is 0.478. The lowest BCUT2D eigenvalue weighted by atomic mass is 10.0. The number of ether oxygens (including phenoxy) is 1. The smallest absolute Gasteiger partial charge is 0.255 e. The van der Waals surface area contributed by atoms with Crippen molar-refractivity contribution in [3.8, 4) is 5.75 Å². The second-order valence-electron chi connectivity index (χ2n) is 4.53. The molecule has 4 nitrogen and oxygen atoms in total. The number of nitrogens with one attached hydrogen (secondary N) is 1. The number of rotatable bonds is 6. The zero-order valence-electron chi connectivity index (χ0n) is 10.9. The first-order valence-corrected chi connectivity index (χ1v) is 6.46. The first-order valence-electron chi connectivity index (χ1n) is 5.93. The van der Waals surface area contributed by atoms with Crippen LogP contribution < -0.4 is 10.1 Å². The summed E-state index contributed by atoms with van der Waals surface area (Å²) in [6.45, 7) is 4.19.